The van der Waals surface area contributed by atoms with Crippen LogP contribution in [0.2, 0.25) is 0 Å². The Kier molecular flexibility index (Phi) is 4.17. The summed E-state index contributed by atoms with van der Waals surface area (Å²) in [4.78, 5) is 4.83. The van der Waals surface area contributed by atoms with E-state index in [0.717, 1.165) is 23.1 Å². The van der Waals surface area contributed by atoms with Crippen molar-refractivity contribution in [1.29, 1.82) is 0 Å². The van der Waals surface area contributed by atoms with E-state index in [1.54, 1.807) is 0 Å². The quantitative estimate of drug-likeness (QED) is 0.690. The predicted molar refractivity (Wildman–Crippen MR) is 116 cm³/mol. The van der Waals surface area contributed by atoms with E-state index >= 15 is 0 Å². The van der Waals surface area contributed by atoms with Gasteiger partial charge in [-0.25, -0.2) is 0 Å². The highest BCUT2D eigenvalue weighted by Crippen LogP contribution is 2.49. The Hall–Kier alpha value is -1.65. The zero-order valence-corrected chi connectivity index (χ0v) is 18.5. The second-order valence-corrected chi connectivity index (χ2v) is 10.8. The number of rotatable bonds is 2. The first-order chi connectivity index (χ1) is 12.8. The van der Waals surface area contributed by atoms with Gasteiger partial charge in [-0.3, -0.25) is 4.98 Å². The van der Waals surface area contributed by atoms with Gasteiger partial charge in [0.05, 0.1) is 16.9 Å². The average molecular weight is 377 g/mol. The number of aromatic nitrogens is 1. The van der Waals surface area contributed by atoms with E-state index in [1.807, 2.05) is 0 Å². The molecule has 0 bridgehead atoms. The lowest BCUT2D eigenvalue weighted by molar-refractivity contribution is 0.00578. The van der Waals surface area contributed by atoms with Crippen LogP contribution in [0.15, 0.2) is 36.5 Å². The van der Waals surface area contributed by atoms with Crippen LogP contribution in [0.3, 0.4) is 0 Å². The minimum Gasteiger partial charge on any atom is -0.399 e. The molecule has 0 N–H and O–H groups in total. The van der Waals surface area contributed by atoms with Gasteiger partial charge in [0.2, 0.25) is 0 Å². The third-order valence-electron chi connectivity index (χ3n) is 6.95. The van der Waals surface area contributed by atoms with Crippen molar-refractivity contribution in [2.45, 2.75) is 83.8 Å². The van der Waals surface area contributed by atoms with E-state index in [1.165, 1.54) is 11.1 Å². The number of pyridine rings is 1. The molecular formula is C24H32BNO2. The summed E-state index contributed by atoms with van der Waals surface area (Å²) in [6, 6.07) is 10.7. The summed E-state index contributed by atoms with van der Waals surface area (Å²) in [6.45, 7) is 17.7. The maximum absolute atomic E-state index is 6.23. The minimum atomic E-state index is -0.352. The Balaban J connectivity index is 1.71. The molecule has 0 spiro atoms. The Morgan fingerprint density at radius 1 is 0.821 bits per heavy atom. The van der Waals surface area contributed by atoms with E-state index in [2.05, 4.69) is 91.9 Å². The van der Waals surface area contributed by atoms with Crippen LogP contribution >= 0.6 is 0 Å². The third-order valence-corrected chi connectivity index (χ3v) is 6.95. The molecule has 1 aromatic heterocycles. The summed E-state index contributed by atoms with van der Waals surface area (Å²) in [5.74, 6) is 0. The van der Waals surface area contributed by atoms with E-state index < -0.39 is 0 Å². The van der Waals surface area contributed by atoms with Crippen LogP contribution in [0.5, 0.6) is 0 Å². The molecule has 148 valence electrons. The van der Waals surface area contributed by atoms with Crippen molar-refractivity contribution in [1.82, 2.24) is 4.98 Å². The van der Waals surface area contributed by atoms with Crippen molar-refractivity contribution in [2.75, 3.05) is 0 Å². The summed E-state index contributed by atoms with van der Waals surface area (Å²) >= 11 is 0. The molecule has 1 saturated heterocycles. The number of benzene rings is 1. The van der Waals surface area contributed by atoms with Crippen molar-refractivity contribution in [3.8, 4) is 11.3 Å². The number of hydrogen-bond donors (Lipinski definition) is 0. The lowest BCUT2D eigenvalue weighted by Gasteiger charge is -2.32. The van der Waals surface area contributed by atoms with Crippen molar-refractivity contribution < 1.29 is 9.31 Å². The molecular weight excluding hydrogens is 345 g/mol. The molecule has 2 aliphatic rings. The van der Waals surface area contributed by atoms with Gasteiger partial charge in [-0.05, 0) is 73.2 Å². The highest BCUT2D eigenvalue weighted by Gasteiger charge is 2.51. The molecule has 1 aliphatic heterocycles. The summed E-state index contributed by atoms with van der Waals surface area (Å²) < 4.78 is 12.5. The fourth-order valence-corrected chi connectivity index (χ4v) is 4.83. The van der Waals surface area contributed by atoms with Gasteiger partial charge < -0.3 is 9.31 Å². The molecule has 0 radical (unpaired) electrons. The molecule has 1 aliphatic carbocycles. The molecule has 2 aromatic rings. The Morgan fingerprint density at radius 3 is 2.07 bits per heavy atom. The van der Waals surface area contributed by atoms with E-state index in [-0.39, 0.29) is 29.2 Å². The van der Waals surface area contributed by atoms with Gasteiger partial charge in [0.1, 0.15) is 0 Å². The highest BCUT2D eigenvalue weighted by atomic mass is 16.7. The summed E-state index contributed by atoms with van der Waals surface area (Å²) in [6.07, 6.45) is 3.23. The second-order valence-electron chi connectivity index (χ2n) is 10.8. The largest absolute Gasteiger partial charge is 0.494 e. The smallest absolute Gasteiger partial charge is 0.399 e. The third kappa shape index (κ3) is 3.02. The molecule has 1 aromatic carbocycles. The lowest BCUT2D eigenvalue weighted by atomic mass is 9.78. The van der Waals surface area contributed by atoms with Crippen molar-refractivity contribution in [2.24, 2.45) is 0 Å². The molecule has 0 unspecified atom stereocenters. The van der Waals surface area contributed by atoms with Crippen molar-refractivity contribution in [3.05, 3.63) is 47.7 Å². The second kappa shape index (κ2) is 5.93. The standard InChI is InChI=1S/C24H32BNO2/c1-21(2)15-22(3,4)19-14-26-20(13-18(19)21)16-10-9-11-17(12-16)25-27-23(5,6)24(7,8)28-25/h9-14H,15H2,1-8H3. The van der Waals surface area contributed by atoms with Gasteiger partial charge in [0.25, 0.3) is 0 Å². The normalized spacial score (nSPS) is 23.6. The maximum atomic E-state index is 6.23. The highest BCUT2D eigenvalue weighted by molar-refractivity contribution is 6.62. The Bertz CT molecular complexity index is 914. The van der Waals surface area contributed by atoms with Crippen LogP contribution in [0.25, 0.3) is 11.3 Å². The van der Waals surface area contributed by atoms with E-state index in [0.29, 0.717) is 0 Å². The van der Waals surface area contributed by atoms with Crippen LogP contribution in [0, 0.1) is 0 Å². The lowest BCUT2D eigenvalue weighted by Crippen LogP contribution is -2.41. The fraction of sp³-hybridized carbons (Fsp3) is 0.542. The molecule has 4 rings (SSSR count). The van der Waals surface area contributed by atoms with Gasteiger partial charge in [0, 0.05) is 6.20 Å². The summed E-state index contributed by atoms with van der Waals surface area (Å²) in [5.41, 5.74) is 5.63. The van der Waals surface area contributed by atoms with Crippen molar-refractivity contribution >= 4 is 12.6 Å². The average Bonchev–Trinajstić information content (AvgIpc) is 2.92. The molecule has 0 amide bonds. The molecule has 28 heavy (non-hydrogen) atoms. The van der Waals surface area contributed by atoms with Gasteiger partial charge in [-0.1, -0.05) is 52.0 Å². The van der Waals surface area contributed by atoms with Gasteiger partial charge >= 0.3 is 7.12 Å². The predicted octanol–water partition coefficient (Wildman–Crippen LogP) is 5.01. The first kappa shape index (κ1) is 19.7. The number of nitrogens with zero attached hydrogens (tertiary/aromatic N) is 1. The van der Waals surface area contributed by atoms with Crippen molar-refractivity contribution in [3.63, 3.8) is 0 Å². The monoisotopic (exact) mass is 377 g/mol. The Labute approximate surface area is 170 Å². The van der Waals surface area contributed by atoms with Crippen LogP contribution in [0.1, 0.15) is 72.9 Å². The molecule has 2 heterocycles. The van der Waals surface area contributed by atoms with Crippen LogP contribution in [0.4, 0.5) is 0 Å². The molecule has 1 fully saturated rings. The first-order valence-electron chi connectivity index (χ1n) is 10.3. The van der Waals surface area contributed by atoms with Gasteiger partial charge in [-0.2, -0.15) is 0 Å². The van der Waals surface area contributed by atoms with E-state index in [9.17, 15) is 0 Å². The topological polar surface area (TPSA) is 31.4 Å². The summed E-state index contributed by atoms with van der Waals surface area (Å²) in [5, 5.41) is 0. The van der Waals surface area contributed by atoms with E-state index in [4.69, 9.17) is 14.3 Å². The fourth-order valence-electron chi connectivity index (χ4n) is 4.83. The molecule has 3 nitrogen and oxygen atoms in total. The van der Waals surface area contributed by atoms with Gasteiger partial charge in [-0.15, -0.1) is 0 Å². The maximum Gasteiger partial charge on any atom is 0.494 e. The molecule has 0 saturated carbocycles. The SMILES string of the molecule is CC1(C)CC(C)(C)c2cc(-c3cccc(B4OC(C)(C)C(C)(C)O4)c3)ncc21. The summed E-state index contributed by atoms with van der Waals surface area (Å²) in [7, 11) is -0.352. The molecule has 4 heteroatoms. The van der Waals surface area contributed by atoms with Crippen LogP contribution < -0.4 is 5.46 Å². The van der Waals surface area contributed by atoms with Crippen LogP contribution in [-0.2, 0) is 20.1 Å². The van der Waals surface area contributed by atoms with Gasteiger partial charge in [0.15, 0.2) is 0 Å². The first-order valence-corrected chi connectivity index (χ1v) is 10.3. The number of hydrogen-bond acceptors (Lipinski definition) is 3. The molecule has 0 atom stereocenters. The minimum absolute atomic E-state index is 0.167. The Morgan fingerprint density at radius 2 is 1.43 bits per heavy atom. The zero-order chi connectivity index (χ0) is 20.5. The zero-order valence-electron chi connectivity index (χ0n) is 18.5. The van der Waals surface area contributed by atoms with Crippen LogP contribution in [-0.4, -0.2) is 23.3 Å². The number of fused-ring (bicyclic) bond motifs is 1.